The zero-order valence-corrected chi connectivity index (χ0v) is 10.9. The first-order chi connectivity index (χ1) is 9.26. The van der Waals surface area contributed by atoms with Crippen LogP contribution in [0, 0.1) is 0 Å². The smallest absolute Gasteiger partial charge is 0.188 e. The Morgan fingerprint density at radius 3 is 2.79 bits per heavy atom. The van der Waals surface area contributed by atoms with E-state index in [0.717, 1.165) is 18.7 Å². The number of hydrogen-bond acceptors (Lipinski definition) is 5. The van der Waals surface area contributed by atoms with E-state index in [2.05, 4.69) is 15.0 Å². The van der Waals surface area contributed by atoms with E-state index in [1.54, 1.807) is 6.07 Å². The first-order valence-corrected chi connectivity index (χ1v) is 6.58. The van der Waals surface area contributed by atoms with Crippen LogP contribution in [0.2, 0.25) is 0 Å². The second-order valence-electron chi connectivity index (χ2n) is 4.72. The molecular formula is C13H20N4O2. The number of aromatic nitrogens is 1. The SMILES string of the molecule is NC(=NO)c1cccc(N(CCO)C2CCCC2)n1. The van der Waals surface area contributed by atoms with Gasteiger partial charge in [-0.25, -0.2) is 4.98 Å². The lowest BCUT2D eigenvalue weighted by Crippen LogP contribution is -2.36. The van der Waals surface area contributed by atoms with Gasteiger partial charge >= 0.3 is 0 Å². The monoisotopic (exact) mass is 264 g/mol. The Morgan fingerprint density at radius 2 is 2.16 bits per heavy atom. The van der Waals surface area contributed by atoms with Crippen LogP contribution >= 0.6 is 0 Å². The molecule has 0 aromatic carbocycles. The summed E-state index contributed by atoms with van der Waals surface area (Å²) in [4.78, 5) is 6.52. The summed E-state index contributed by atoms with van der Waals surface area (Å²) in [5.74, 6) is 0.766. The molecule has 19 heavy (non-hydrogen) atoms. The highest BCUT2D eigenvalue weighted by Crippen LogP contribution is 2.27. The minimum absolute atomic E-state index is 0.00257. The largest absolute Gasteiger partial charge is 0.409 e. The van der Waals surface area contributed by atoms with Gasteiger partial charge in [0.2, 0.25) is 0 Å². The van der Waals surface area contributed by atoms with Crippen LogP contribution in [0.5, 0.6) is 0 Å². The van der Waals surface area contributed by atoms with Gasteiger partial charge in [-0.2, -0.15) is 0 Å². The van der Waals surface area contributed by atoms with Crippen molar-refractivity contribution in [1.29, 1.82) is 0 Å². The van der Waals surface area contributed by atoms with Crippen LogP contribution in [0.25, 0.3) is 0 Å². The average Bonchev–Trinajstić information content (AvgIpc) is 2.98. The maximum absolute atomic E-state index is 9.23. The molecule has 1 aliphatic carbocycles. The predicted octanol–water partition coefficient (Wildman–Crippen LogP) is 0.917. The van der Waals surface area contributed by atoms with Gasteiger partial charge in [0.15, 0.2) is 5.84 Å². The molecule has 0 saturated heterocycles. The summed E-state index contributed by atoms with van der Waals surface area (Å²) in [7, 11) is 0. The van der Waals surface area contributed by atoms with Crippen LogP contribution < -0.4 is 10.6 Å². The summed E-state index contributed by atoms with van der Waals surface area (Å²) in [6.07, 6.45) is 4.67. The van der Waals surface area contributed by atoms with Crippen LogP contribution in [0.15, 0.2) is 23.4 Å². The van der Waals surface area contributed by atoms with E-state index in [1.807, 2.05) is 12.1 Å². The van der Waals surface area contributed by atoms with Crippen molar-refractivity contribution in [3.8, 4) is 0 Å². The maximum atomic E-state index is 9.23. The summed E-state index contributed by atoms with van der Waals surface area (Å²) < 4.78 is 0. The fourth-order valence-corrected chi connectivity index (χ4v) is 2.58. The Morgan fingerprint density at radius 1 is 1.42 bits per heavy atom. The van der Waals surface area contributed by atoms with Gasteiger partial charge < -0.3 is 20.9 Å². The van der Waals surface area contributed by atoms with Gasteiger partial charge in [-0.15, -0.1) is 0 Å². The zero-order chi connectivity index (χ0) is 13.7. The molecule has 1 saturated carbocycles. The molecule has 0 radical (unpaired) electrons. The number of pyridine rings is 1. The van der Waals surface area contributed by atoms with Crippen molar-refractivity contribution in [3.63, 3.8) is 0 Å². The Bertz CT molecular complexity index is 444. The molecular weight excluding hydrogens is 244 g/mol. The van der Waals surface area contributed by atoms with Gasteiger partial charge in [-0.1, -0.05) is 24.1 Å². The third kappa shape index (κ3) is 3.14. The first-order valence-electron chi connectivity index (χ1n) is 6.58. The fourth-order valence-electron chi connectivity index (χ4n) is 2.58. The molecule has 1 aromatic rings. The molecule has 1 aliphatic rings. The number of oxime groups is 1. The third-order valence-corrected chi connectivity index (χ3v) is 3.51. The highest BCUT2D eigenvalue weighted by molar-refractivity contribution is 5.95. The highest BCUT2D eigenvalue weighted by atomic mass is 16.4. The fraction of sp³-hybridized carbons (Fsp3) is 0.538. The van der Waals surface area contributed by atoms with E-state index in [0.29, 0.717) is 18.3 Å². The number of amidine groups is 1. The summed E-state index contributed by atoms with van der Waals surface area (Å²) in [6.45, 7) is 0.642. The topological polar surface area (TPSA) is 95.0 Å². The Hall–Kier alpha value is -1.82. The molecule has 0 atom stereocenters. The van der Waals surface area contributed by atoms with Crippen LogP contribution in [-0.2, 0) is 0 Å². The molecule has 1 heterocycles. The van der Waals surface area contributed by atoms with Crippen LogP contribution in [0.4, 0.5) is 5.82 Å². The second-order valence-corrected chi connectivity index (χ2v) is 4.72. The zero-order valence-electron chi connectivity index (χ0n) is 10.9. The van der Waals surface area contributed by atoms with Crippen molar-refractivity contribution < 1.29 is 10.3 Å². The molecule has 0 unspecified atom stereocenters. The number of nitrogens with two attached hydrogens (primary N) is 1. The molecule has 0 aliphatic heterocycles. The number of anilines is 1. The van der Waals surface area contributed by atoms with Crippen LogP contribution in [0.1, 0.15) is 31.4 Å². The van der Waals surface area contributed by atoms with Crippen molar-refractivity contribution in [2.24, 2.45) is 10.9 Å². The Balaban J connectivity index is 2.25. The van der Waals surface area contributed by atoms with Gasteiger partial charge in [0.25, 0.3) is 0 Å². The molecule has 1 fully saturated rings. The predicted molar refractivity (Wildman–Crippen MR) is 73.4 cm³/mol. The molecule has 6 nitrogen and oxygen atoms in total. The molecule has 0 amide bonds. The van der Waals surface area contributed by atoms with Crippen LogP contribution in [-0.4, -0.2) is 40.3 Å². The molecule has 2 rings (SSSR count). The van der Waals surface area contributed by atoms with E-state index in [1.165, 1.54) is 12.8 Å². The quantitative estimate of drug-likeness (QED) is 0.318. The van der Waals surface area contributed by atoms with Gasteiger partial charge in [0, 0.05) is 12.6 Å². The lowest BCUT2D eigenvalue weighted by atomic mass is 10.2. The standard InChI is InChI=1S/C13H20N4O2/c14-13(16-19)11-6-3-7-12(15-11)17(8-9-18)10-4-1-2-5-10/h3,6-7,10,18-19H,1-2,4-5,8-9H2,(H2,14,16). The van der Waals surface area contributed by atoms with Gasteiger partial charge in [-0.05, 0) is 25.0 Å². The number of nitrogens with zero attached hydrogens (tertiary/aromatic N) is 3. The molecule has 1 aromatic heterocycles. The van der Waals surface area contributed by atoms with E-state index in [-0.39, 0.29) is 12.4 Å². The van der Waals surface area contributed by atoms with Crippen molar-refractivity contribution in [2.45, 2.75) is 31.7 Å². The normalized spacial score (nSPS) is 16.8. The average molecular weight is 264 g/mol. The summed E-state index contributed by atoms with van der Waals surface area (Å²) in [5.41, 5.74) is 6.01. The molecule has 104 valence electrons. The molecule has 0 spiro atoms. The number of aliphatic hydroxyl groups is 1. The minimum atomic E-state index is -0.00257. The van der Waals surface area contributed by atoms with Crippen molar-refractivity contribution in [3.05, 3.63) is 23.9 Å². The highest BCUT2D eigenvalue weighted by Gasteiger charge is 2.23. The summed E-state index contributed by atoms with van der Waals surface area (Å²) in [5, 5.41) is 20.9. The van der Waals surface area contributed by atoms with E-state index in [9.17, 15) is 5.11 Å². The molecule has 0 bridgehead atoms. The van der Waals surface area contributed by atoms with E-state index >= 15 is 0 Å². The third-order valence-electron chi connectivity index (χ3n) is 3.51. The molecule has 4 N–H and O–H groups in total. The van der Waals surface area contributed by atoms with Crippen molar-refractivity contribution in [2.75, 3.05) is 18.1 Å². The summed E-state index contributed by atoms with van der Waals surface area (Å²) in [6, 6.07) is 5.84. The number of aliphatic hydroxyl groups excluding tert-OH is 1. The van der Waals surface area contributed by atoms with Gasteiger partial charge in [0.05, 0.1) is 6.61 Å². The number of rotatable bonds is 5. The van der Waals surface area contributed by atoms with Crippen molar-refractivity contribution >= 4 is 11.7 Å². The van der Waals surface area contributed by atoms with Crippen molar-refractivity contribution in [1.82, 2.24) is 4.98 Å². The van der Waals surface area contributed by atoms with Gasteiger partial charge in [0.1, 0.15) is 11.5 Å². The first kappa shape index (κ1) is 13.6. The minimum Gasteiger partial charge on any atom is -0.409 e. The maximum Gasteiger partial charge on any atom is 0.188 e. The van der Waals surface area contributed by atoms with Gasteiger partial charge in [-0.3, -0.25) is 0 Å². The lowest BCUT2D eigenvalue weighted by Gasteiger charge is -2.29. The number of hydrogen-bond donors (Lipinski definition) is 3. The second kappa shape index (κ2) is 6.38. The molecule has 6 heteroatoms. The lowest BCUT2D eigenvalue weighted by molar-refractivity contribution is 0.297. The van der Waals surface area contributed by atoms with E-state index in [4.69, 9.17) is 10.9 Å². The van der Waals surface area contributed by atoms with E-state index < -0.39 is 0 Å². The Kier molecular flexibility index (Phi) is 4.57. The van der Waals surface area contributed by atoms with Crippen LogP contribution in [0.3, 0.4) is 0 Å². The summed E-state index contributed by atoms with van der Waals surface area (Å²) >= 11 is 0. The Labute approximate surface area is 112 Å².